The Morgan fingerprint density at radius 3 is 2.61 bits per heavy atom. The standard InChI is InChI=1S/C17H27N3O3/c1-11-6-12(8-16(2,3)7-11)14(21)19-13-9-18-20(10-13)17(4,5)15(22)23/h9-12H,6-8H2,1-5H3,(H,19,21)(H,22,23). The number of aliphatic carboxylic acids is 1. The molecule has 6 nitrogen and oxygen atoms in total. The lowest BCUT2D eigenvalue weighted by Crippen LogP contribution is -2.36. The summed E-state index contributed by atoms with van der Waals surface area (Å²) in [4.78, 5) is 23.8. The molecule has 0 spiro atoms. The van der Waals surface area contributed by atoms with Crippen LogP contribution in [0, 0.1) is 17.3 Å². The maximum absolute atomic E-state index is 12.5. The molecule has 2 rings (SSSR count). The first kappa shape index (κ1) is 17.5. The molecule has 0 saturated heterocycles. The van der Waals surface area contributed by atoms with Gasteiger partial charge in [0.25, 0.3) is 0 Å². The fourth-order valence-electron chi connectivity index (χ4n) is 3.58. The minimum Gasteiger partial charge on any atom is -0.479 e. The first-order valence-electron chi connectivity index (χ1n) is 8.11. The fraction of sp³-hybridized carbons (Fsp3) is 0.706. The quantitative estimate of drug-likeness (QED) is 0.892. The number of rotatable bonds is 4. The number of amides is 1. The average Bonchev–Trinajstić information content (AvgIpc) is 2.85. The highest BCUT2D eigenvalue weighted by Gasteiger charge is 2.36. The monoisotopic (exact) mass is 321 g/mol. The van der Waals surface area contributed by atoms with E-state index in [0.29, 0.717) is 11.6 Å². The van der Waals surface area contributed by atoms with Gasteiger partial charge in [0.05, 0.1) is 11.9 Å². The fourth-order valence-corrected chi connectivity index (χ4v) is 3.58. The van der Waals surface area contributed by atoms with Gasteiger partial charge in [0.15, 0.2) is 5.54 Å². The Balaban J connectivity index is 2.07. The summed E-state index contributed by atoms with van der Waals surface area (Å²) in [6.45, 7) is 9.74. The van der Waals surface area contributed by atoms with Crippen LogP contribution in [0.4, 0.5) is 5.69 Å². The van der Waals surface area contributed by atoms with Gasteiger partial charge in [-0.2, -0.15) is 5.10 Å². The highest BCUT2D eigenvalue weighted by Crippen LogP contribution is 2.42. The van der Waals surface area contributed by atoms with E-state index in [9.17, 15) is 14.7 Å². The van der Waals surface area contributed by atoms with E-state index < -0.39 is 11.5 Å². The Bertz CT molecular complexity index is 604. The molecule has 0 radical (unpaired) electrons. The third kappa shape index (κ3) is 3.92. The van der Waals surface area contributed by atoms with Crippen LogP contribution < -0.4 is 5.32 Å². The molecule has 128 valence electrons. The lowest BCUT2D eigenvalue weighted by molar-refractivity contribution is -0.146. The summed E-state index contributed by atoms with van der Waals surface area (Å²) in [7, 11) is 0. The SMILES string of the molecule is CC1CC(C(=O)Nc2cnn(C(C)(C)C(=O)O)c2)CC(C)(C)C1. The molecule has 1 saturated carbocycles. The molecule has 0 aliphatic heterocycles. The topological polar surface area (TPSA) is 84.2 Å². The minimum absolute atomic E-state index is 0.00249. The van der Waals surface area contributed by atoms with Crippen molar-refractivity contribution in [2.24, 2.45) is 17.3 Å². The van der Waals surface area contributed by atoms with E-state index in [-0.39, 0.29) is 17.2 Å². The molecule has 2 N–H and O–H groups in total. The molecule has 1 aromatic rings. The number of nitrogens with one attached hydrogen (secondary N) is 1. The van der Waals surface area contributed by atoms with Crippen molar-refractivity contribution in [2.45, 2.75) is 59.4 Å². The molecule has 23 heavy (non-hydrogen) atoms. The van der Waals surface area contributed by atoms with Crippen molar-refractivity contribution in [2.75, 3.05) is 5.32 Å². The third-order valence-corrected chi connectivity index (χ3v) is 4.70. The van der Waals surface area contributed by atoms with Crippen LogP contribution in [0.15, 0.2) is 12.4 Å². The van der Waals surface area contributed by atoms with Gasteiger partial charge in [-0.15, -0.1) is 0 Å². The number of carboxylic acids is 1. The summed E-state index contributed by atoms with van der Waals surface area (Å²) in [6.07, 6.45) is 5.98. The summed E-state index contributed by atoms with van der Waals surface area (Å²) in [5, 5.41) is 16.2. The molecule has 1 heterocycles. The van der Waals surface area contributed by atoms with Crippen molar-refractivity contribution in [1.29, 1.82) is 0 Å². The second-order valence-electron chi connectivity index (χ2n) is 8.14. The Labute approximate surface area is 137 Å². The van der Waals surface area contributed by atoms with E-state index in [0.717, 1.165) is 19.3 Å². The number of anilines is 1. The predicted molar refractivity (Wildman–Crippen MR) is 88.1 cm³/mol. The van der Waals surface area contributed by atoms with Gasteiger partial charge in [-0.1, -0.05) is 20.8 Å². The largest absolute Gasteiger partial charge is 0.479 e. The lowest BCUT2D eigenvalue weighted by atomic mass is 9.68. The molecule has 6 heteroatoms. The molecule has 1 amide bonds. The number of hydrogen-bond donors (Lipinski definition) is 2. The minimum atomic E-state index is -1.15. The van der Waals surface area contributed by atoms with Crippen molar-refractivity contribution in [3.63, 3.8) is 0 Å². The zero-order valence-corrected chi connectivity index (χ0v) is 14.6. The van der Waals surface area contributed by atoms with Gasteiger partial charge in [-0.25, -0.2) is 4.79 Å². The summed E-state index contributed by atoms with van der Waals surface area (Å²) in [5.41, 5.74) is -0.431. The molecule has 1 fully saturated rings. The van der Waals surface area contributed by atoms with Crippen molar-refractivity contribution >= 4 is 17.6 Å². The molecule has 0 bridgehead atoms. The molecule has 0 aromatic carbocycles. The predicted octanol–water partition coefficient (Wildman–Crippen LogP) is 3.10. The van der Waals surface area contributed by atoms with Crippen LogP contribution in [-0.2, 0) is 15.1 Å². The van der Waals surface area contributed by atoms with Crippen LogP contribution in [0.2, 0.25) is 0 Å². The zero-order chi connectivity index (χ0) is 17.4. The van der Waals surface area contributed by atoms with Gasteiger partial charge in [-0.05, 0) is 44.4 Å². The van der Waals surface area contributed by atoms with E-state index in [2.05, 4.69) is 31.2 Å². The van der Waals surface area contributed by atoms with E-state index in [4.69, 9.17) is 0 Å². The number of carbonyl (C=O) groups is 2. The number of hydrogen-bond acceptors (Lipinski definition) is 3. The molecular formula is C17H27N3O3. The zero-order valence-electron chi connectivity index (χ0n) is 14.6. The molecule has 2 atom stereocenters. The highest BCUT2D eigenvalue weighted by molar-refractivity contribution is 5.92. The van der Waals surface area contributed by atoms with E-state index >= 15 is 0 Å². The van der Waals surface area contributed by atoms with Gasteiger partial charge < -0.3 is 10.4 Å². The second-order valence-corrected chi connectivity index (χ2v) is 8.14. The molecule has 1 aliphatic rings. The van der Waals surface area contributed by atoms with Crippen LogP contribution in [0.5, 0.6) is 0 Å². The number of carbonyl (C=O) groups excluding carboxylic acids is 1. The Kier molecular flexibility index (Phi) is 4.55. The first-order valence-corrected chi connectivity index (χ1v) is 8.11. The maximum Gasteiger partial charge on any atom is 0.331 e. The first-order chi connectivity index (χ1) is 10.5. The summed E-state index contributed by atoms with van der Waals surface area (Å²) in [5.74, 6) is -0.452. The maximum atomic E-state index is 12.5. The number of nitrogens with zero attached hydrogens (tertiary/aromatic N) is 2. The van der Waals surface area contributed by atoms with Crippen LogP contribution in [-0.4, -0.2) is 26.8 Å². The van der Waals surface area contributed by atoms with Gasteiger partial charge in [-0.3, -0.25) is 9.48 Å². The number of carboxylic acid groups (broad SMARTS) is 1. The molecule has 1 aromatic heterocycles. The van der Waals surface area contributed by atoms with Crippen LogP contribution in [0.25, 0.3) is 0 Å². The van der Waals surface area contributed by atoms with Crippen LogP contribution >= 0.6 is 0 Å². The molecule has 2 unspecified atom stereocenters. The van der Waals surface area contributed by atoms with E-state index in [1.807, 2.05) is 0 Å². The lowest BCUT2D eigenvalue weighted by Gasteiger charge is -2.38. The number of aromatic nitrogens is 2. The van der Waals surface area contributed by atoms with Crippen LogP contribution in [0.3, 0.4) is 0 Å². The van der Waals surface area contributed by atoms with Crippen molar-refractivity contribution in [3.8, 4) is 0 Å². The summed E-state index contributed by atoms with van der Waals surface area (Å²) in [6, 6.07) is 0. The van der Waals surface area contributed by atoms with Gasteiger partial charge in [0, 0.05) is 12.1 Å². The smallest absolute Gasteiger partial charge is 0.331 e. The van der Waals surface area contributed by atoms with Gasteiger partial charge >= 0.3 is 5.97 Å². The average molecular weight is 321 g/mol. The summed E-state index contributed by atoms with van der Waals surface area (Å²) < 4.78 is 1.36. The van der Waals surface area contributed by atoms with E-state index in [1.165, 1.54) is 10.9 Å². The van der Waals surface area contributed by atoms with Crippen molar-refractivity contribution < 1.29 is 14.7 Å². The van der Waals surface area contributed by atoms with E-state index in [1.54, 1.807) is 20.0 Å². The van der Waals surface area contributed by atoms with Crippen LogP contribution in [0.1, 0.15) is 53.9 Å². The normalized spacial score (nSPS) is 24.2. The second kappa shape index (κ2) is 5.98. The molecular weight excluding hydrogens is 294 g/mol. The summed E-state index contributed by atoms with van der Waals surface area (Å²) >= 11 is 0. The Hall–Kier alpha value is -1.85. The van der Waals surface area contributed by atoms with Gasteiger partial charge in [0.2, 0.25) is 5.91 Å². The Morgan fingerprint density at radius 1 is 1.39 bits per heavy atom. The van der Waals surface area contributed by atoms with Gasteiger partial charge in [0.1, 0.15) is 0 Å². The molecule has 1 aliphatic carbocycles. The third-order valence-electron chi connectivity index (χ3n) is 4.70. The van der Waals surface area contributed by atoms with Crippen molar-refractivity contribution in [1.82, 2.24) is 9.78 Å². The Morgan fingerprint density at radius 2 is 2.04 bits per heavy atom. The highest BCUT2D eigenvalue weighted by atomic mass is 16.4. The van der Waals surface area contributed by atoms with Crippen molar-refractivity contribution in [3.05, 3.63) is 12.4 Å².